The van der Waals surface area contributed by atoms with E-state index in [-0.39, 0.29) is 11.5 Å². The highest BCUT2D eigenvalue weighted by Gasteiger charge is 2.20. The van der Waals surface area contributed by atoms with Gasteiger partial charge in [0.1, 0.15) is 23.0 Å². The minimum Gasteiger partial charge on any atom is -0.497 e. The summed E-state index contributed by atoms with van der Waals surface area (Å²) >= 11 is 1.51. The number of benzene rings is 1. The molecule has 0 saturated heterocycles. The number of amides is 1. The molecule has 3 heterocycles. The summed E-state index contributed by atoms with van der Waals surface area (Å²) in [4.78, 5) is 33.5. The van der Waals surface area contributed by atoms with Gasteiger partial charge in [0.25, 0.3) is 11.5 Å². The Morgan fingerprint density at radius 2 is 1.97 bits per heavy atom. The minimum absolute atomic E-state index is 0.206. The number of H-pyrrole nitrogens is 1. The minimum atomic E-state index is -0.408. The molecule has 32 heavy (non-hydrogen) atoms. The van der Waals surface area contributed by atoms with Gasteiger partial charge in [-0.1, -0.05) is 6.07 Å². The van der Waals surface area contributed by atoms with Gasteiger partial charge in [-0.15, -0.1) is 11.3 Å². The highest BCUT2D eigenvalue weighted by molar-refractivity contribution is 7.13. The van der Waals surface area contributed by atoms with Gasteiger partial charge in [-0.05, 0) is 37.4 Å². The summed E-state index contributed by atoms with van der Waals surface area (Å²) in [6.07, 6.45) is 0. The number of methoxy groups -OCH3 is 2. The summed E-state index contributed by atoms with van der Waals surface area (Å²) in [5, 5.41) is 9.37. The second kappa shape index (κ2) is 8.67. The maximum absolute atomic E-state index is 13.1. The van der Waals surface area contributed by atoms with Gasteiger partial charge >= 0.3 is 0 Å². The molecule has 0 spiro atoms. The van der Waals surface area contributed by atoms with Gasteiger partial charge in [-0.2, -0.15) is 9.78 Å². The number of nitrogens with one attached hydrogen (secondary N) is 2. The molecule has 0 bridgehead atoms. The molecule has 0 fully saturated rings. The van der Waals surface area contributed by atoms with Crippen LogP contribution in [-0.2, 0) is 0 Å². The lowest BCUT2D eigenvalue weighted by Gasteiger charge is -2.12. The molecule has 0 atom stereocenters. The molecule has 2 N–H and O–H groups in total. The zero-order valence-corrected chi connectivity index (χ0v) is 18.7. The number of hydrogen-bond donors (Lipinski definition) is 2. The van der Waals surface area contributed by atoms with Crippen molar-refractivity contribution in [1.82, 2.24) is 19.7 Å². The topological polar surface area (TPSA) is 111 Å². The van der Waals surface area contributed by atoms with Crippen LogP contribution in [0.15, 0.2) is 46.6 Å². The predicted molar refractivity (Wildman–Crippen MR) is 122 cm³/mol. The summed E-state index contributed by atoms with van der Waals surface area (Å²) in [7, 11) is 3.02. The van der Waals surface area contributed by atoms with Crippen molar-refractivity contribution < 1.29 is 14.3 Å². The summed E-state index contributed by atoms with van der Waals surface area (Å²) in [5.41, 5.74) is 1.78. The van der Waals surface area contributed by atoms with E-state index >= 15 is 0 Å². The van der Waals surface area contributed by atoms with Gasteiger partial charge in [-0.3, -0.25) is 14.6 Å². The van der Waals surface area contributed by atoms with Crippen molar-refractivity contribution >= 4 is 23.1 Å². The quantitative estimate of drug-likeness (QED) is 0.464. The average molecular weight is 452 g/mol. The Balaban J connectivity index is 1.78. The van der Waals surface area contributed by atoms with E-state index in [1.165, 1.54) is 30.2 Å². The fourth-order valence-corrected chi connectivity index (χ4v) is 3.76. The van der Waals surface area contributed by atoms with Gasteiger partial charge in [0, 0.05) is 23.4 Å². The molecular weight excluding hydrogens is 430 g/mol. The van der Waals surface area contributed by atoms with Crippen LogP contribution >= 0.6 is 11.3 Å². The number of ether oxygens (including phenoxy) is 2. The third-order valence-corrected chi connectivity index (χ3v) is 5.85. The SMILES string of the molecule is COc1ccc(C(=O)Nc2cc(-c3cccs3)nn2-c2nc(C)c(C)c(=O)[nH]2)c(OC)c1. The standard InChI is InChI=1S/C22H21N5O4S/c1-12-13(2)23-22(25-20(12)28)27-19(11-16(26-27)18-6-5-9-32-18)24-21(29)15-8-7-14(30-3)10-17(15)31-4/h5-11H,1-4H3,(H,24,29)(H,23,25,28). The zero-order chi connectivity index (χ0) is 22.8. The number of thiophene rings is 1. The molecule has 164 valence electrons. The molecule has 1 amide bonds. The maximum Gasteiger partial charge on any atom is 0.260 e. The predicted octanol–water partition coefficient (Wildman–Crippen LogP) is 3.57. The fourth-order valence-electron chi connectivity index (χ4n) is 3.08. The lowest BCUT2D eigenvalue weighted by Crippen LogP contribution is -2.21. The Morgan fingerprint density at radius 3 is 2.62 bits per heavy atom. The molecule has 4 rings (SSSR count). The van der Waals surface area contributed by atoms with E-state index < -0.39 is 5.91 Å². The summed E-state index contributed by atoms with van der Waals surface area (Å²) < 4.78 is 12.0. The molecule has 3 aromatic heterocycles. The number of aryl methyl sites for hydroxylation is 1. The second-order valence-corrected chi connectivity index (χ2v) is 7.87. The maximum atomic E-state index is 13.1. The van der Waals surface area contributed by atoms with E-state index in [4.69, 9.17) is 9.47 Å². The number of anilines is 1. The Labute approximate surface area is 187 Å². The third-order valence-electron chi connectivity index (χ3n) is 4.96. The van der Waals surface area contributed by atoms with Crippen molar-refractivity contribution in [3.63, 3.8) is 0 Å². The van der Waals surface area contributed by atoms with Crippen molar-refractivity contribution in [3.8, 4) is 28.0 Å². The van der Waals surface area contributed by atoms with E-state index in [1.54, 1.807) is 38.1 Å². The van der Waals surface area contributed by atoms with Crippen LogP contribution in [0.1, 0.15) is 21.6 Å². The first-order chi connectivity index (χ1) is 15.4. The largest absolute Gasteiger partial charge is 0.497 e. The molecule has 9 nitrogen and oxygen atoms in total. The average Bonchev–Trinajstić information content (AvgIpc) is 3.46. The van der Waals surface area contributed by atoms with Crippen LogP contribution in [0.25, 0.3) is 16.5 Å². The third kappa shape index (κ3) is 4.00. The number of nitrogens with zero attached hydrogens (tertiary/aromatic N) is 3. The Bertz CT molecular complexity index is 1340. The molecular formula is C22H21N5O4S. The van der Waals surface area contributed by atoms with Gasteiger partial charge in [0.05, 0.1) is 24.7 Å². The summed E-state index contributed by atoms with van der Waals surface area (Å²) in [6, 6.07) is 10.5. The van der Waals surface area contributed by atoms with Crippen molar-refractivity contribution in [2.45, 2.75) is 13.8 Å². The number of carbonyl (C=O) groups is 1. The van der Waals surface area contributed by atoms with E-state index in [1.807, 2.05) is 17.5 Å². The molecule has 0 radical (unpaired) electrons. The Hall–Kier alpha value is -3.92. The normalized spacial score (nSPS) is 10.8. The molecule has 0 aliphatic rings. The van der Waals surface area contributed by atoms with Gasteiger partial charge in [-0.25, -0.2) is 4.98 Å². The lowest BCUT2D eigenvalue weighted by atomic mass is 10.1. The number of aromatic nitrogens is 4. The number of rotatable bonds is 6. The highest BCUT2D eigenvalue weighted by atomic mass is 32.1. The van der Waals surface area contributed by atoms with Crippen molar-refractivity contribution in [3.05, 3.63) is 69.0 Å². The van der Waals surface area contributed by atoms with E-state index in [0.717, 1.165) is 4.88 Å². The molecule has 0 aliphatic heterocycles. The summed E-state index contributed by atoms with van der Waals surface area (Å²) in [6.45, 7) is 3.45. The molecule has 0 saturated carbocycles. The first-order valence-corrected chi connectivity index (χ1v) is 10.5. The lowest BCUT2D eigenvalue weighted by molar-refractivity contribution is 0.102. The first-order valence-electron chi connectivity index (χ1n) is 9.66. The van der Waals surface area contributed by atoms with Crippen LogP contribution in [-0.4, -0.2) is 39.9 Å². The van der Waals surface area contributed by atoms with E-state index in [9.17, 15) is 9.59 Å². The van der Waals surface area contributed by atoms with E-state index in [0.29, 0.717) is 39.8 Å². The number of carbonyl (C=O) groups excluding carboxylic acids is 1. The monoisotopic (exact) mass is 451 g/mol. The van der Waals surface area contributed by atoms with Crippen LogP contribution < -0.4 is 20.3 Å². The number of hydrogen-bond acceptors (Lipinski definition) is 7. The smallest absolute Gasteiger partial charge is 0.260 e. The van der Waals surface area contributed by atoms with Gasteiger partial charge < -0.3 is 14.8 Å². The fraction of sp³-hybridized carbons (Fsp3) is 0.182. The van der Waals surface area contributed by atoms with Crippen LogP contribution in [0.3, 0.4) is 0 Å². The molecule has 1 aromatic carbocycles. The van der Waals surface area contributed by atoms with Crippen molar-refractivity contribution in [2.24, 2.45) is 0 Å². The van der Waals surface area contributed by atoms with Crippen molar-refractivity contribution in [2.75, 3.05) is 19.5 Å². The van der Waals surface area contributed by atoms with E-state index in [2.05, 4.69) is 20.4 Å². The molecule has 0 unspecified atom stereocenters. The van der Waals surface area contributed by atoms with Gasteiger partial charge in [0.2, 0.25) is 5.95 Å². The first kappa shape index (κ1) is 21.3. The number of aromatic amines is 1. The molecule has 4 aromatic rings. The Kier molecular flexibility index (Phi) is 5.78. The van der Waals surface area contributed by atoms with Crippen molar-refractivity contribution in [1.29, 1.82) is 0 Å². The van der Waals surface area contributed by atoms with Gasteiger partial charge in [0.15, 0.2) is 0 Å². The second-order valence-electron chi connectivity index (χ2n) is 6.92. The molecule has 10 heteroatoms. The molecule has 0 aliphatic carbocycles. The highest BCUT2D eigenvalue weighted by Crippen LogP contribution is 2.29. The Morgan fingerprint density at radius 1 is 1.16 bits per heavy atom. The van der Waals surface area contributed by atoms with Crippen LogP contribution in [0.2, 0.25) is 0 Å². The van der Waals surface area contributed by atoms with Crippen LogP contribution in [0, 0.1) is 13.8 Å². The zero-order valence-electron chi connectivity index (χ0n) is 17.9. The van der Waals surface area contributed by atoms with Crippen LogP contribution in [0.5, 0.6) is 11.5 Å². The summed E-state index contributed by atoms with van der Waals surface area (Å²) in [5.74, 6) is 1.08. The van der Waals surface area contributed by atoms with Crippen LogP contribution in [0.4, 0.5) is 5.82 Å².